The van der Waals surface area contributed by atoms with Crippen molar-refractivity contribution in [2.75, 3.05) is 13.7 Å². The number of aliphatic carboxylic acids is 1. The van der Waals surface area contributed by atoms with Crippen LogP contribution in [0.2, 0.25) is 0 Å². The molecule has 0 bridgehead atoms. The summed E-state index contributed by atoms with van der Waals surface area (Å²) in [5.41, 5.74) is 0.770. The van der Waals surface area contributed by atoms with Crippen molar-refractivity contribution in [3.05, 3.63) is 48.6 Å². The van der Waals surface area contributed by atoms with E-state index in [0.717, 1.165) is 10.5 Å². The van der Waals surface area contributed by atoms with E-state index in [2.05, 4.69) is 6.58 Å². The topological polar surface area (TPSA) is 93.1 Å². The quantitative estimate of drug-likeness (QED) is 0.580. The first-order chi connectivity index (χ1) is 11.0. The van der Waals surface area contributed by atoms with E-state index in [1.807, 2.05) is 6.07 Å². The van der Waals surface area contributed by atoms with Gasteiger partial charge in [0.1, 0.15) is 19.3 Å². The Balaban J connectivity index is 2.59. The van der Waals surface area contributed by atoms with Crippen molar-refractivity contribution in [2.24, 2.45) is 0 Å². The summed E-state index contributed by atoms with van der Waals surface area (Å²) in [5, 5.41) is 9.17. The number of nitrogens with zero attached hydrogens (tertiary/aromatic N) is 1. The van der Waals surface area contributed by atoms with Gasteiger partial charge in [0.2, 0.25) is 0 Å². The summed E-state index contributed by atoms with van der Waals surface area (Å²) in [7, 11) is 1.26. The molecular formula is C16H19NO6. The van der Waals surface area contributed by atoms with Gasteiger partial charge in [-0.15, -0.1) is 0 Å². The number of amides is 1. The van der Waals surface area contributed by atoms with E-state index in [0.29, 0.717) is 0 Å². The van der Waals surface area contributed by atoms with Crippen LogP contribution in [0.1, 0.15) is 12.0 Å². The molecule has 0 fully saturated rings. The average Bonchev–Trinajstić information content (AvgIpc) is 2.55. The van der Waals surface area contributed by atoms with Crippen molar-refractivity contribution < 1.29 is 29.0 Å². The van der Waals surface area contributed by atoms with Crippen LogP contribution >= 0.6 is 0 Å². The Kier molecular flexibility index (Phi) is 7.32. The molecule has 1 atom stereocenters. The second-order valence-corrected chi connectivity index (χ2v) is 4.68. The minimum Gasteiger partial charge on any atom is -0.480 e. The summed E-state index contributed by atoms with van der Waals surface area (Å²) >= 11 is 0. The normalized spacial score (nSPS) is 11.2. The molecule has 0 aromatic heterocycles. The Bertz CT molecular complexity index is 557. The molecular weight excluding hydrogens is 302 g/mol. The molecule has 23 heavy (non-hydrogen) atoms. The molecule has 1 aromatic carbocycles. The third-order valence-corrected chi connectivity index (χ3v) is 2.97. The molecule has 0 aliphatic carbocycles. The molecule has 0 radical (unpaired) electrons. The van der Waals surface area contributed by atoms with Gasteiger partial charge in [0.05, 0.1) is 6.42 Å². The Morgan fingerprint density at radius 3 is 2.48 bits per heavy atom. The predicted octanol–water partition coefficient (Wildman–Crippen LogP) is 1.83. The fourth-order valence-electron chi connectivity index (χ4n) is 1.71. The van der Waals surface area contributed by atoms with Crippen molar-refractivity contribution in [3.8, 4) is 0 Å². The largest absolute Gasteiger partial charge is 0.480 e. The second-order valence-electron chi connectivity index (χ2n) is 4.68. The third-order valence-electron chi connectivity index (χ3n) is 2.97. The van der Waals surface area contributed by atoms with Gasteiger partial charge in [0.15, 0.2) is 0 Å². The molecule has 1 unspecified atom stereocenters. The lowest BCUT2D eigenvalue weighted by molar-refractivity contribution is -0.151. The maximum atomic E-state index is 11.9. The van der Waals surface area contributed by atoms with Gasteiger partial charge in [-0.1, -0.05) is 43.0 Å². The Labute approximate surface area is 134 Å². The summed E-state index contributed by atoms with van der Waals surface area (Å²) in [4.78, 5) is 35.6. The van der Waals surface area contributed by atoms with Crippen LogP contribution in [-0.4, -0.2) is 47.7 Å². The first-order valence-corrected chi connectivity index (χ1v) is 6.88. The fraction of sp³-hybridized carbons (Fsp3) is 0.312. The lowest BCUT2D eigenvalue weighted by atomic mass is 10.2. The molecule has 1 rings (SSSR count). The third kappa shape index (κ3) is 6.21. The molecule has 0 saturated heterocycles. The standard InChI is InChI=1S/C16H19NO6/c1-3-9-22-14(18)10-13(15(19)20)17(2)16(21)23-11-12-7-5-4-6-8-12/h3-8,13H,1,9-11H2,2H3,(H,19,20). The first kappa shape index (κ1) is 18.2. The number of carboxylic acids is 1. The van der Waals surface area contributed by atoms with Gasteiger partial charge in [-0.3, -0.25) is 9.69 Å². The lowest BCUT2D eigenvalue weighted by Crippen LogP contribution is -2.44. The number of hydrogen-bond donors (Lipinski definition) is 1. The molecule has 0 spiro atoms. The molecule has 0 aliphatic heterocycles. The highest BCUT2D eigenvalue weighted by Crippen LogP contribution is 2.09. The second kappa shape index (κ2) is 9.24. The van der Waals surface area contributed by atoms with Gasteiger partial charge in [-0.2, -0.15) is 0 Å². The van der Waals surface area contributed by atoms with Crippen LogP contribution < -0.4 is 0 Å². The summed E-state index contributed by atoms with van der Waals surface area (Å²) in [5.74, 6) is -2.06. The van der Waals surface area contributed by atoms with Gasteiger partial charge < -0.3 is 14.6 Å². The Morgan fingerprint density at radius 2 is 1.91 bits per heavy atom. The molecule has 0 heterocycles. The van der Waals surface area contributed by atoms with Crippen LogP contribution in [0.4, 0.5) is 4.79 Å². The van der Waals surface area contributed by atoms with Crippen LogP contribution in [0.5, 0.6) is 0 Å². The number of carbonyl (C=O) groups excluding carboxylic acids is 2. The maximum Gasteiger partial charge on any atom is 0.410 e. The number of carboxylic acid groups (broad SMARTS) is 1. The van der Waals surface area contributed by atoms with Gasteiger partial charge >= 0.3 is 18.0 Å². The van der Waals surface area contributed by atoms with Crippen molar-refractivity contribution in [3.63, 3.8) is 0 Å². The van der Waals surface area contributed by atoms with Crippen LogP contribution in [0, 0.1) is 0 Å². The van der Waals surface area contributed by atoms with Gasteiger partial charge in [0, 0.05) is 7.05 Å². The summed E-state index contributed by atoms with van der Waals surface area (Å²) in [6.07, 6.45) is 0.0591. The number of esters is 1. The fourth-order valence-corrected chi connectivity index (χ4v) is 1.71. The zero-order valence-corrected chi connectivity index (χ0v) is 12.8. The van der Waals surface area contributed by atoms with Gasteiger partial charge in [-0.25, -0.2) is 9.59 Å². The van der Waals surface area contributed by atoms with E-state index in [9.17, 15) is 19.5 Å². The molecule has 0 aliphatic rings. The number of rotatable bonds is 8. The number of likely N-dealkylation sites (N-methyl/N-ethyl adjacent to an activating group) is 1. The molecule has 7 nitrogen and oxygen atoms in total. The predicted molar refractivity (Wildman–Crippen MR) is 81.6 cm³/mol. The summed E-state index contributed by atoms with van der Waals surface area (Å²) in [6.45, 7) is 3.38. The van der Waals surface area contributed by atoms with E-state index < -0.39 is 30.5 Å². The van der Waals surface area contributed by atoms with E-state index in [1.54, 1.807) is 24.3 Å². The van der Waals surface area contributed by atoms with E-state index >= 15 is 0 Å². The minimum absolute atomic E-state index is 0.0112. The smallest absolute Gasteiger partial charge is 0.410 e. The van der Waals surface area contributed by atoms with Crippen LogP contribution in [0.25, 0.3) is 0 Å². The Hall–Kier alpha value is -2.83. The molecule has 1 N–H and O–H groups in total. The van der Waals surface area contributed by atoms with Crippen molar-refractivity contribution >= 4 is 18.0 Å². The number of carbonyl (C=O) groups is 3. The van der Waals surface area contributed by atoms with Gasteiger partial charge in [-0.05, 0) is 5.56 Å². The lowest BCUT2D eigenvalue weighted by Gasteiger charge is -2.23. The molecule has 1 aromatic rings. The highest BCUT2D eigenvalue weighted by atomic mass is 16.6. The van der Waals surface area contributed by atoms with Crippen molar-refractivity contribution in [1.29, 1.82) is 0 Å². The van der Waals surface area contributed by atoms with Crippen molar-refractivity contribution in [1.82, 2.24) is 4.90 Å². The van der Waals surface area contributed by atoms with E-state index in [1.165, 1.54) is 13.1 Å². The zero-order chi connectivity index (χ0) is 17.2. The van der Waals surface area contributed by atoms with Crippen LogP contribution in [-0.2, 0) is 25.7 Å². The molecule has 124 valence electrons. The highest BCUT2D eigenvalue weighted by Gasteiger charge is 2.30. The molecule has 7 heteroatoms. The Morgan fingerprint density at radius 1 is 1.26 bits per heavy atom. The molecule has 0 saturated carbocycles. The average molecular weight is 321 g/mol. The monoisotopic (exact) mass is 321 g/mol. The minimum atomic E-state index is -1.37. The maximum absolute atomic E-state index is 11.9. The van der Waals surface area contributed by atoms with E-state index in [4.69, 9.17) is 9.47 Å². The molecule has 1 amide bonds. The number of hydrogen-bond acceptors (Lipinski definition) is 5. The summed E-state index contributed by atoms with van der Waals surface area (Å²) in [6, 6.07) is 7.59. The number of ether oxygens (including phenoxy) is 2. The summed E-state index contributed by atoms with van der Waals surface area (Å²) < 4.78 is 9.77. The van der Waals surface area contributed by atoms with Crippen LogP contribution in [0.3, 0.4) is 0 Å². The zero-order valence-electron chi connectivity index (χ0n) is 12.8. The van der Waals surface area contributed by atoms with Crippen LogP contribution in [0.15, 0.2) is 43.0 Å². The first-order valence-electron chi connectivity index (χ1n) is 6.88. The number of benzene rings is 1. The SMILES string of the molecule is C=CCOC(=O)CC(C(=O)O)N(C)C(=O)OCc1ccccc1. The highest BCUT2D eigenvalue weighted by molar-refractivity contribution is 5.85. The van der Waals surface area contributed by atoms with E-state index in [-0.39, 0.29) is 13.2 Å². The van der Waals surface area contributed by atoms with Crippen molar-refractivity contribution in [2.45, 2.75) is 19.1 Å². The van der Waals surface area contributed by atoms with Gasteiger partial charge in [0.25, 0.3) is 0 Å².